The third-order valence-corrected chi connectivity index (χ3v) is 5.60. The fourth-order valence-corrected chi connectivity index (χ4v) is 4.24. The molecule has 2 aromatic carbocycles. The minimum absolute atomic E-state index is 0.111. The van der Waals surface area contributed by atoms with Crippen LogP contribution in [0.2, 0.25) is 0 Å². The second-order valence-electron chi connectivity index (χ2n) is 6.19. The number of nitrogens with zero attached hydrogens (tertiary/aromatic N) is 1. The van der Waals surface area contributed by atoms with Crippen molar-refractivity contribution in [1.82, 2.24) is 4.31 Å². The summed E-state index contributed by atoms with van der Waals surface area (Å²) in [6.07, 6.45) is 1.48. The number of anilines is 1. The van der Waals surface area contributed by atoms with Crippen LogP contribution in [-0.4, -0.2) is 27.6 Å². The highest BCUT2D eigenvalue weighted by molar-refractivity contribution is 7.94. The van der Waals surface area contributed by atoms with Crippen molar-refractivity contribution in [3.05, 3.63) is 66.0 Å². The molecule has 0 aliphatic carbocycles. The van der Waals surface area contributed by atoms with E-state index in [-0.39, 0.29) is 18.3 Å². The summed E-state index contributed by atoms with van der Waals surface area (Å²) in [5.41, 5.74) is 1.35. The molecule has 2 aromatic rings. The molecular weight excluding hydrogens is 343 g/mol. The first-order valence-electron chi connectivity index (χ1n) is 7.93. The van der Waals surface area contributed by atoms with Crippen LogP contribution in [0.25, 0.3) is 0 Å². The number of halogens is 1. The topological polar surface area (TPSA) is 72.5 Å². The first-order valence-corrected chi connectivity index (χ1v) is 9.77. The quantitative estimate of drug-likeness (QED) is 0.850. The number of rotatable bonds is 4. The van der Waals surface area contributed by atoms with Gasteiger partial charge in [-0.05, 0) is 36.2 Å². The molecule has 1 fully saturated rings. The highest BCUT2D eigenvalue weighted by Crippen LogP contribution is 2.39. The summed E-state index contributed by atoms with van der Waals surface area (Å²) in [7, 11) is -3.49. The predicted octanol–water partition coefficient (Wildman–Crippen LogP) is 3.00. The van der Waals surface area contributed by atoms with Gasteiger partial charge in [0.2, 0.25) is 5.91 Å². The molecule has 1 N–H and O–H groups in total. The van der Waals surface area contributed by atoms with Gasteiger partial charge in [0, 0.05) is 5.69 Å². The molecule has 3 rings (SSSR count). The molecule has 1 aliphatic heterocycles. The summed E-state index contributed by atoms with van der Waals surface area (Å²) >= 11 is 0. The summed E-state index contributed by atoms with van der Waals surface area (Å²) in [5, 5.41) is 2.82. The minimum atomic E-state index is -3.49. The highest BCUT2D eigenvalue weighted by atomic mass is 32.3. The Morgan fingerprint density at radius 3 is 2.44 bits per heavy atom. The van der Waals surface area contributed by atoms with Crippen LogP contribution in [0.4, 0.5) is 10.1 Å². The van der Waals surface area contributed by atoms with Crippen LogP contribution >= 0.6 is 0 Å². The molecule has 0 radical (unpaired) electrons. The Kier molecular flexibility index (Phi) is 4.99. The van der Waals surface area contributed by atoms with E-state index >= 15 is 0 Å². The van der Waals surface area contributed by atoms with Gasteiger partial charge in [-0.15, -0.1) is 4.31 Å². The number of hydrogen-bond acceptors (Lipinski definition) is 3. The van der Waals surface area contributed by atoms with Crippen LogP contribution in [0, 0.1) is 11.7 Å². The summed E-state index contributed by atoms with van der Waals surface area (Å²) in [4.78, 5) is 12.5. The lowest BCUT2D eigenvalue weighted by atomic mass is 9.99. The van der Waals surface area contributed by atoms with Crippen LogP contribution in [0.15, 0.2) is 54.6 Å². The van der Waals surface area contributed by atoms with Crippen molar-refractivity contribution < 1.29 is 17.9 Å². The van der Waals surface area contributed by atoms with Gasteiger partial charge in [-0.2, -0.15) is 0 Å². The molecule has 1 saturated heterocycles. The largest absolute Gasteiger partial charge is 0.598 e. The molecule has 1 amide bonds. The number of carbonyl (C=O) groups is 1. The van der Waals surface area contributed by atoms with Crippen LogP contribution in [0.1, 0.15) is 18.0 Å². The van der Waals surface area contributed by atoms with Gasteiger partial charge in [-0.1, -0.05) is 34.5 Å². The van der Waals surface area contributed by atoms with Crippen LogP contribution in [0.5, 0.6) is 0 Å². The van der Waals surface area contributed by atoms with E-state index in [1.54, 1.807) is 24.3 Å². The zero-order chi connectivity index (χ0) is 18.0. The van der Waals surface area contributed by atoms with Crippen molar-refractivity contribution in [1.29, 1.82) is 0 Å². The number of sulfonamides is 1. The molecule has 1 heterocycles. The molecule has 3 atom stereocenters. The van der Waals surface area contributed by atoms with E-state index in [0.717, 1.165) is 6.26 Å². The van der Waals surface area contributed by atoms with Crippen molar-refractivity contribution in [3.8, 4) is 0 Å². The van der Waals surface area contributed by atoms with Crippen molar-refractivity contribution in [2.75, 3.05) is 18.1 Å². The van der Waals surface area contributed by atoms with Crippen LogP contribution in [0.3, 0.4) is 0 Å². The molecule has 0 saturated carbocycles. The molecule has 5 nitrogen and oxygen atoms in total. The fraction of sp³-hybridized carbons (Fsp3) is 0.278. The number of benzene rings is 2. The van der Waals surface area contributed by atoms with Gasteiger partial charge in [-0.3, -0.25) is 4.79 Å². The molecule has 1 unspecified atom stereocenters. The minimum Gasteiger partial charge on any atom is -0.598 e. The predicted molar refractivity (Wildman–Crippen MR) is 93.8 cm³/mol. The van der Waals surface area contributed by atoms with Crippen molar-refractivity contribution in [2.24, 2.45) is 5.92 Å². The summed E-state index contributed by atoms with van der Waals surface area (Å²) in [6.45, 7) is 0.111. The smallest absolute Gasteiger partial charge is 0.229 e. The van der Waals surface area contributed by atoms with Gasteiger partial charge in [0.05, 0.1) is 18.5 Å². The van der Waals surface area contributed by atoms with E-state index in [2.05, 4.69) is 5.32 Å². The molecule has 0 aromatic heterocycles. The Morgan fingerprint density at radius 1 is 1.20 bits per heavy atom. The second kappa shape index (κ2) is 7.03. The zero-order valence-electron chi connectivity index (χ0n) is 13.7. The maximum Gasteiger partial charge on any atom is 0.229 e. The monoisotopic (exact) mass is 362 g/mol. The van der Waals surface area contributed by atoms with Gasteiger partial charge in [0.1, 0.15) is 22.5 Å². The lowest BCUT2D eigenvalue weighted by Crippen LogP contribution is -2.36. The summed E-state index contributed by atoms with van der Waals surface area (Å²) in [5.74, 6) is -1.07. The van der Waals surface area contributed by atoms with Crippen LogP contribution in [-0.2, 0) is 19.4 Å². The molecule has 0 bridgehead atoms. The molecule has 132 valence electrons. The Balaban J connectivity index is 1.80. The van der Waals surface area contributed by atoms with E-state index in [1.165, 1.54) is 16.4 Å². The fourth-order valence-electron chi connectivity index (χ4n) is 3.12. The van der Waals surface area contributed by atoms with E-state index < -0.39 is 22.4 Å². The van der Waals surface area contributed by atoms with Crippen LogP contribution < -0.4 is 5.32 Å². The first-order chi connectivity index (χ1) is 11.8. The van der Waals surface area contributed by atoms with Gasteiger partial charge in [0.15, 0.2) is 0 Å². The number of para-hydroxylation sites is 1. The van der Waals surface area contributed by atoms with Gasteiger partial charge < -0.3 is 9.87 Å². The number of nitrogens with one attached hydrogen (secondary N) is 1. The van der Waals surface area contributed by atoms with Crippen molar-refractivity contribution >= 4 is 22.0 Å². The lowest BCUT2D eigenvalue weighted by molar-refractivity contribution is -0.119. The number of hydrogen-bond donors (Lipinski definition) is 1. The van der Waals surface area contributed by atoms with E-state index in [4.69, 9.17) is 0 Å². The third kappa shape index (κ3) is 4.12. The van der Waals surface area contributed by atoms with E-state index in [9.17, 15) is 17.9 Å². The Hall–Kier alpha value is -2.09. The zero-order valence-corrected chi connectivity index (χ0v) is 14.5. The summed E-state index contributed by atoms with van der Waals surface area (Å²) < 4.78 is 38.7. The molecule has 0 spiro atoms. The molecule has 7 heteroatoms. The average molecular weight is 362 g/mol. The number of amides is 1. The molecule has 25 heavy (non-hydrogen) atoms. The van der Waals surface area contributed by atoms with Gasteiger partial charge >= 0.3 is 0 Å². The molecule has 1 aliphatic rings. The maximum atomic E-state index is 13.2. The Bertz CT molecular complexity index is 792. The van der Waals surface area contributed by atoms with Gasteiger partial charge in [-0.25, -0.2) is 4.39 Å². The number of carbonyl (C=O) groups excluding carboxylic acids is 1. The normalized spacial score (nSPS) is 23.2. The maximum absolute atomic E-state index is 13.2. The standard InChI is InChI=1S/C18H19FN2O3S/c1-25(23,24)21-12-14(18(22)20-16-5-3-2-4-6-16)11-17(21)13-7-9-15(19)10-8-13/h2-10,14,17H,11-12H2,1H3,(H-,20,22,23,24)/t14-,17-/m1/s1. The average Bonchev–Trinajstić information content (AvgIpc) is 3.02. The second-order valence-corrected chi connectivity index (χ2v) is 8.12. The Labute approximate surface area is 147 Å². The highest BCUT2D eigenvalue weighted by Gasteiger charge is 2.44. The SMILES string of the molecule is C[S+](=O)([O-])N1C[C@H](C(=O)Nc2ccccc2)C[C@@H]1c1ccc(F)cc1. The molecular formula is C18H19FN2O3S. The summed E-state index contributed by atoms with van der Waals surface area (Å²) in [6, 6.07) is 14.3. The van der Waals surface area contributed by atoms with Crippen molar-refractivity contribution in [2.45, 2.75) is 12.5 Å². The van der Waals surface area contributed by atoms with E-state index in [1.807, 2.05) is 18.2 Å². The lowest BCUT2D eigenvalue weighted by Gasteiger charge is -2.26. The van der Waals surface area contributed by atoms with Crippen molar-refractivity contribution in [3.63, 3.8) is 0 Å². The Morgan fingerprint density at radius 2 is 1.84 bits per heavy atom. The van der Waals surface area contributed by atoms with E-state index in [0.29, 0.717) is 17.7 Å². The van der Waals surface area contributed by atoms with Gasteiger partial charge in [0.25, 0.3) is 0 Å². The third-order valence-electron chi connectivity index (χ3n) is 4.35. The first kappa shape index (κ1) is 17.7.